The van der Waals surface area contributed by atoms with Gasteiger partial charge in [0.1, 0.15) is 11.3 Å². The molecule has 4 rings (SSSR count). The van der Waals surface area contributed by atoms with Gasteiger partial charge < -0.3 is 24.4 Å². The van der Waals surface area contributed by atoms with Crippen LogP contribution < -0.4 is 14.8 Å². The molecule has 8 heteroatoms. The molecule has 2 heterocycles. The number of benzene rings is 1. The van der Waals surface area contributed by atoms with Crippen LogP contribution in [0.15, 0.2) is 41.1 Å². The predicted molar refractivity (Wildman–Crippen MR) is 134 cm³/mol. The molecule has 2 aromatic heterocycles. The Morgan fingerprint density at radius 1 is 1.11 bits per heavy atom. The van der Waals surface area contributed by atoms with E-state index in [0.717, 1.165) is 36.3 Å². The number of aromatic nitrogens is 3. The van der Waals surface area contributed by atoms with E-state index in [0.29, 0.717) is 49.7 Å². The summed E-state index contributed by atoms with van der Waals surface area (Å²) in [5.74, 6) is 3.18. The summed E-state index contributed by atoms with van der Waals surface area (Å²) < 4.78 is 17.5. The van der Waals surface area contributed by atoms with Gasteiger partial charge in [-0.25, -0.2) is 4.98 Å². The molecular formula is C27H36N4O4. The first-order valence-electron chi connectivity index (χ1n) is 12.7. The summed E-state index contributed by atoms with van der Waals surface area (Å²) >= 11 is 0. The molecule has 0 aliphatic heterocycles. The van der Waals surface area contributed by atoms with Crippen molar-refractivity contribution < 1.29 is 19.1 Å². The van der Waals surface area contributed by atoms with Crippen LogP contribution in [-0.2, 0) is 12.8 Å². The molecule has 3 aromatic rings. The van der Waals surface area contributed by atoms with Crippen LogP contribution in [0, 0.1) is 12.8 Å². The van der Waals surface area contributed by atoms with Crippen molar-refractivity contribution in [3.8, 4) is 23.1 Å². The van der Waals surface area contributed by atoms with E-state index >= 15 is 0 Å². The van der Waals surface area contributed by atoms with Crippen LogP contribution in [0.3, 0.4) is 0 Å². The monoisotopic (exact) mass is 480 g/mol. The minimum Gasteiger partial charge on any atom is -0.493 e. The van der Waals surface area contributed by atoms with Crippen LogP contribution >= 0.6 is 0 Å². The van der Waals surface area contributed by atoms with Gasteiger partial charge in [0.25, 0.3) is 5.89 Å². The van der Waals surface area contributed by atoms with E-state index in [1.165, 1.54) is 31.2 Å². The first kappa shape index (κ1) is 25.1. The lowest BCUT2D eigenvalue weighted by Crippen LogP contribution is -2.20. The Morgan fingerprint density at radius 2 is 2.00 bits per heavy atom. The fourth-order valence-corrected chi connectivity index (χ4v) is 4.38. The third kappa shape index (κ3) is 7.50. The van der Waals surface area contributed by atoms with Crippen molar-refractivity contribution in [1.29, 1.82) is 0 Å². The number of hydrogen-bond acceptors (Lipinski definition) is 8. The van der Waals surface area contributed by atoms with Gasteiger partial charge in [-0.3, -0.25) is 0 Å². The Balaban J connectivity index is 1.28. The zero-order chi connectivity index (χ0) is 24.3. The van der Waals surface area contributed by atoms with Gasteiger partial charge in [0.05, 0.1) is 19.8 Å². The normalized spacial score (nSPS) is 13.9. The molecule has 1 aliphatic rings. The summed E-state index contributed by atoms with van der Waals surface area (Å²) in [5.41, 5.74) is 3.06. The Hall–Kier alpha value is -2.97. The van der Waals surface area contributed by atoms with Crippen molar-refractivity contribution in [2.24, 2.45) is 5.92 Å². The van der Waals surface area contributed by atoms with Gasteiger partial charge >= 0.3 is 0 Å². The quantitative estimate of drug-likeness (QED) is 0.332. The number of hydrogen-bond donors (Lipinski definition) is 2. The molecule has 0 saturated heterocycles. The highest BCUT2D eigenvalue weighted by atomic mass is 16.5. The SMILES string of the molecule is Cc1cc(CCc2noc(-c3cccnc3OCC3CCCC3)n2)ccc1OCCCNCCO. The van der Waals surface area contributed by atoms with Crippen molar-refractivity contribution in [1.82, 2.24) is 20.4 Å². The molecule has 1 saturated carbocycles. The summed E-state index contributed by atoms with van der Waals surface area (Å²) in [6.45, 7) is 5.00. The molecular weight excluding hydrogens is 444 g/mol. The van der Waals surface area contributed by atoms with Crippen molar-refractivity contribution in [3.63, 3.8) is 0 Å². The number of pyridine rings is 1. The highest BCUT2D eigenvalue weighted by Gasteiger charge is 2.19. The highest BCUT2D eigenvalue weighted by molar-refractivity contribution is 5.59. The lowest BCUT2D eigenvalue weighted by atomic mass is 10.1. The van der Waals surface area contributed by atoms with Crippen LogP contribution in [0.2, 0.25) is 0 Å². The maximum absolute atomic E-state index is 8.78. The lowest BCUT2D eigenvalue weighted by Gasteiger charge is -2.11. The van der Waals surface area contributed by atoms with E-state index in [2.05, 4.69) is 39.5 Å². The molecule has 0 bridgehead atoms. The van der Waals surface area contributed by atoms with Gasteiger partial charge in [0, 0.05) is 19.2 Å². The minimum absolute atomic E-state index is 0.159. The number of rotatable bonds is 14. The number of aliphatic hydroxyl groups is 1. The van der Waals surface area contributed by atoms with E-state index < -0.39 is 0 Å². The second kappa shape index (κ2) is 13.2. The van der Waals surface area contributed by atoms with Crippen LogP contribution in [0.5, 0.6) is 11.6 Å². The second-order valence-corrected chi connectivity index (χ2v) is 9.11. The summed E-state index contributed by atoms with van der Waals surface area (Å²) in [6, 6.07) is 10.0. The topological polar surface area (TPSA) is 103 Å². The molecule has 0 unspecified atom stereocenters. The molecule has 35 heavy (non-hydrogen) atoms. The zero-order valence-electron chi connectivity index (χ0n) is 20.5. The Labute approximate surface area is 207 Å². The Kier molecular flexibility index (Phi) is 9.48. The standard InChI is InChI=1S/C27H36N4O4/c1-20-18-21(9-11-24(20)33-17-5-13-28-15-16-32)10-12-25-30-27(35-31-25)23-8-4-14-29-26(23)34-19-22-6-2-3-7-22/h4,8-9,11,14,18,22,28,32H,2-3,5-7,10,12-13,15-17,19H2,1H3. The highest BCUT2D eigenvalue weighted by Crippen LogP contribution is 2.30. The van der Waals surface area contributed by atoms with Gasteiger partial charge in [-0.1, -0.05) is 30.1 Å². The van der Waals surface area contributed by atoms with Crippen LogP contribution in [0.1, 0.15) is 49.1 Å². The molecule has 0 atom stereocenters. The number of aryl methyl sites for hydroxylation is 3. The summed E-state index contributed by atoms with van der Waals surface area (Å²) in [4.78, 5) is 9.00. The van der Waals surface area contributed by atoms with E-state index in [4.69, 9.17) is 19.1 Å². The van der Waals surface area contributed by atoms with E-state index in [-0.39, 0.29) is 6.61 Å². The third-order valence-corrected chi connectivity index (χ3v) is 6.32. The molecule has 0 amide bonds. The molecule has 1 aromatic carbocycles. The summed E-state index contributed by atoms with van der Waals surface area (Å²) in [6.07, 6.45) is 9.14. The number of ether oxygens (including phenoxy) is 2. The summed E-state index contributed by atoms with van der Waals surface area (Å²) in [5, 5.41) is 16.1. The van der Waals surface area contributed by atoms with Gasteiger partial charge in [-0.2, -0.15) is 4.98 Å². The molecule has 8 nitrogen and oxygen atoms in total. The van der Waals surface area contributed by atoms with E-state index in [1.54, 1.807) is 6.20 Å². The first-order valence-corrected chi connectivity index (χ1v) is 12.7. The molecule has 1 aliphatic carbocycles. The van der Waals surface area contributed by atoms with Crippen molar-refractivity contribution in [2.45, 2.75) is 51.9 Å². The molecule has 188 valence electrons. The smallest absolute Gasteiger partial charge is 0.263 e. The fourth-order valence-electron chi connectivity index (χ4n) is 4.38. The fraction of sp³-hybridized carbons (Fsp3) is 0.519. The minimum atomic E-state index is 0.159. The van der Waals surface area contributed by atoms with Gasteiger partial charge in [-0.15, -0.1) is 0 Å². The largest absolute Gasteiger partial charge is 0.493 e. The first-order chi connectivity index (χ1) is 17.2. The average molecular weight is 481 g/mol. The molecule has 0 radical (unpaired) electrons. The van der Waals surface area contributed by atoms with Crippen LogP contribution in [-0.4, -0.2) is 53.1 Å². The predicted octanol–water partition coefficient (Wildman–Crippen LogP) is 4.15. The summed E-state index contributed by atoms with van der Waals surface area (Å²) in [7, 11) is 0. The van der Waals surface area contributed by atoms with Crippen molar-refractivity contribution in [3.05, 3.63) is 53.5 Å². The van der Waals surface area contributed by atoms with Crippen LogP contribution in [0.4, 0.5) is 0 Å². The Bertz CT molecular complexity index is 1050. The van der Waals surface area contributed by atoms with Gasteiger partial charge in [0.2, 0.25) is 5.88 Å². The molecule has 2 N–H and O–H groups in total. The molecule has 0 spiro atoms. The van der Waals surface area contributed by atoms with Gasteiger partial charge in [-0.05, 0) is 74.4 Å². The zero-order valence-corrected chi connectivity index (χ0v) is 20.5. The lowest BCUT2D eigenvalue weighted by molar-refractivity contribution is 0.244. The van der Waals surface area contributed by atoms with Crippen molar-refractivity contribution in [2.75, 3.05) is 32.9 Å². The maximum Gasteiger partial charge on any atom is 0.263 e. The molecule has 1 fully saturated rings. The number of nitrogens with one attached hydrogen (secondary N) is 1. The number of nitrogens with zero attached hydrogens (tertiary/aromatic N) is 3. The van der Waals surface area contributed by atoms with E-state index in [1.807, 2.05) is 18.2 Å². The third-order valence-electron chi connectivity index (χ3n) is 6.32. The average Bonchev–Trinajstić information content (AvgIpc) is 3.57. The van der Waals surface area contributed by atoms with Gasteiger partial charge in [0.15, 0.2) is 5.82 Å². The second-order valence-electron chi connectivity index (χ2n) is 9.11. The maximum atomic E-state index is 8.78. The number of aliphatic hydroxyl groups excluding tert-OH is 1. The van der Waals surface area contributed by atoms with Crippen LogP contribution in [0.25, 0.3) is 11.5 Å². The Morgan fingerprint density at radius 3 is 2.83 bits per heavy atom. The van der Waals surface area contributed by atoms with E-state index in [9.17, 15) is 0 Å². The van der Waals surface area contributed by atoms with Crippen molar-refractivity contribution >= 4 is 0 Å².